The summed E-state index contributed by atoms with van der Waals surface area (Å²) in [5.74, 6) is -0.373. The van der Waals surface area contributed by atoms with Crippen LogP contribution in [0.3, 0.4) is 0 Å². The molecular formula is C20H23NO3. The SMILES string of the molecule is CCCCOC(=O)c1ccc(NC(=O)CCc2ccccc2)cc1. The van der Waals surface area contributed by atoms with Crippen LogP contribution in [0.15, 0.2) is 54.6 Å². The van der Waals surface area contributed by atoms with E-state index >= 15 is 0 Å². The van der Waals surface area contributed by atoms with Crippen molar-refractivity contribution in [2.24, 2.45) is 0 Å². The molecular weight excluding hydrogens is 302 g/mol. The lowest BCUT2D eigenvalue weighted by Gasteiger charge is -2.07. The number of carbonyl (C=O) groups is 2. The third kappa shape index (κ3) is 5.88. The average molecular weight is 325 g/mol. The van der Waals surface area contributed by atoms with E-state index in [1.165, 1.54) is 0 Å². The second-order valence-electron chi connectivity index (χ2n) is 5.60. The Labute approximate surface area is 142 Å². The van der Waals surface area contributed by atoms with Crippen LogP contribution in [0.25, 0.3) is 0 Å². The molecule has 0 radical (unpaired) electrons. The molecule has 2 aromatic carbocycles. The zero-order chi connectivity index (χ0) is 17.2. The molecule has 0 bridgehead atoms. The molecule has 1 amide bonds. The molecule has 0 saturated carbocycles. The van der Waals surface area contributed by atoms with Gasteiger partial charge < -0.3 is 10.1 Å². The van der Waals surface area contributed by atoms with Crippen molar-refractivity contribution in [2.75, 3.05) is 11.9 Å². The van der Waals surface area contributed by atoms with Crippen molar-refractivity contribution in [1.82, 2.24) is 0 Å². The Balaban J connectivity index is 1.80. The fourth-order valence-electron chi connectivity index (χ4n) is 2.21. The molecule has 4 heteroatoms. The number of unbranched alkanes of at least 4 members (excludes halogenated alkanes) is 1. The number of carbonyl (C=O) groups excluding carboxylic acids is 2. The predicted octanol–water partition coefficient (Wildman–Crippen LogP) is 4.21. The summed E-state index contributed by atoms with van der Waals surface area (Å²) in [7, 11) is 0. The molecule has 24 heavy (non-hydrogen) atoms. The molecule has 0 aliphatic carbocycles. The first-order valence-electron chi connectivity index (χ1n) is 8.30. The topological polar surface area (TPSA) is 55.4 Å². The van der Waals surface area contributed by atoms with Crippen molar-refractivity contribution in [3.63, 3.8) is 0 Å². The van der Waals surface area contributed by atoms with Gasteiger partial charge in [-0.05, 0) is 42.7 Å². The van der Waals surface area contributed by atoms with Crippen LogP contribution in [0.5, 0.6) is 0 Å². The van der Waals surface area contributed by atoms with Crippen LogP contribution in [-0.2, 0) is 16.0 Å². The highest BCUT2D eigenvalue weighted by Gasteiger charge is 2.08. The van der Waals surface area contributed by atoms with Crippen LogP contribution in [0.1, 0.15) is 42.1 Å². The largest absolute Gasteiger partial charge is 0.462 e. The maximum atomic E-state index is 12.0. The van der Waals surface area contributed by atoms with Gasteiger partial charge in [-0.3, -0.25) is 4.79 Å². The minimum atomic E-state index is -0.328. The van der Waals surface area contributed by atoms with Crippen LogP contribution < -0.4 is 5.32 Å². The summed E-state index contributed by atoms with van der Waals surface area (Å²) in [5.41, 5.74) is 2.31. The van der Waals surface area contributed by atoms with Crippen molar-refractivity contribution in [3.8, 4) is 0 Å². The quantitative estimate of drug-likeness (QED) is 0.584. The minimum absolute atomic E-state index is 0.0443. The molecule has 0 saturated heterocycles. The molecule has 0 fully saturated rings. The number of hydrogen-bond acceptors (Lipinski definition) is 3. The molecule has 0 atom stereocenters. The summed E-state index contributed by atoms with van der Waals surface area (Å²) < 4.78 is 5.15. The highest BCUT2D eigenvalue weighted by molar-refractivity contribution is 5.93. The fourth-order valence-corrected chi connectivity index (χ4v) is 2.21. The zero-order valence-electron chi connectivity index (χ0n) is 14.0. The Morgan fingerprint density at radius 1 is 1.00 bits per heavy atom. The summed E-state index contributed by atoms with van der Waals surface area (Å²) in [6.45, 7) is 2.48. The number of ether oxygens (including phenoxy) is 1. The Hall–Kier alpha value is -2.62. The van der Waals surface area contributed by atoms with Gasteiger partial charge in [0.15, 0.2) is 0 Å². The van der Waals surface area contributed by atoms with Gasteiger partial charge in [0.1, 0.15) is 0 Å². The normalized spacial score (nSPS) is 10.2. The van der Waals surface area contributed by atoms with Crippen LogP contribution >= 0.6 is 0 Å². The summed E-state index contributed by atoms with van der Waals surface area (Å²) in [5, 5.41) is 2.84. The molecule has 0 aliphatic rings. The minimum Gasteiger partial charge on any atom is -0.462 e. The van der Waals surface area contributed by atoms with Crippen molar-refractivity contribution >= 4 is 17.6 Å². The zero-order valence-corrected chi connectivity index (χ0v) is 14.0. The lowest BCUT2D eigenvalue weighted by Crippen LogP contribution is -2.12. The van der Waals surface area contributed by atoms with Gasteiger partial charge in [-0.1, -0.05) is 43.7 Å². The third-order valence-corrected chi connectivity index (χ3v) is 3.62. The molecule has 1 N–H and O–H groups in total. The summed E-state index contributed by atoms with van der Waals surface area (Å²) >= 11 is 0. The van der Waals surface area contributed by atoms with Crippen LogP contribution in [-0.4, -0.2) is 18.5 Å². The lowest BCUT2D eigenvalue weighted by atomic mass is 10.1. The van der Waals surface area contributed by atoms with Crippen molar-refractivity contribution in [1.29, 1.82) is 0 Å². The summed E-state index contributed by atoms with van der Waals surface area (Å²) in [4.78, 5) is 23.8. The van der Waals surface area contributed by atoms with E-state index in [1.807, 2.05) is 37.3 Å². The van der Waals surface area contributed by atoms with Crippen molar-refractivity contribution < 1.29 is 14.3 Å². The Kier molecular flexibility index (Phi) is 7.02. The molecule has 0 spiro atoms. The van der Waals surface area contributed by atoms with Crippen LogP contribution in [0.2, 0.25) is 0 Å². The van der Waals surface area contributed by atoms with Crippen molar-refractivity contribution in [2.45, 2.75) is 32.6 Å². The Morgan fingerprint density at radius 2 is 1.71 bits per heavy atom. The molecule has 0 aliphatic heterocycles. The highest BCUT2D eigenvalue weighted by atomic mass is 16.5. The van der Waals surface area contributed by atoms with Gasteiger partial charge in [-0.15, -0.1) is 0 Å². The van der Waals surface area contributed by atoms with Gasteiger partial charge in [-0.25, -0.2) is 4.79 Å². The summed E-state index contributed by atoms with van der Waals surface area (Å²) in [6.07, 6.45) is 2.97. The van der Waals surface area contributed by atoms with Crippen LogP contribution in [0.4, 0.5) is 5.69 Å². The number of anilines is 1. The van der Waals surface area contributed by atoms with E-state index in [1.54, 1.807) is 24.3 Å². The monoisotopic (exact) mass is 325 g/mol. The first kappa shape index (κ1) is 17.7. The maximum absolute atomic E-state index is 12.0. The van der Waals surface area contributed by atoms with E-state index in [4.69, 9.17) is 4.74 Å². The smallest absolute Gasteiger partial charge is 0.338 e. The number of hydrogen-bond donors (Lipinski definition) is 1. The Bertz CT molecular complexity index is 650. The third-order valence-electron chi connectivity index (χ3n) is 3.62. The van der Waals surface area contributed by atoms with Gasteiger partial charge in [-0.2, -0.15) is 0 Å². The van der Waals surface area contributed by atoms with E-state index < -0.39 is 0 Å². The van der Waals surface area contributed by atoms with Gasteiger partial charge >= 0.3 is 5.97 Å². The van der Waals surface area contributed by atoms with Gasteiger partial charge in [0, 0.05) is 12.1 Å². The first-order chi connectivity index (χ1) is 11.7. The highest BCUT2D eigenvalue weighted by Crippen LogP contribution is 2.12. The molecule has 4 nitrogen and oxygen atoms in total. The van der Waals surface area contributed by atoms with E-state index in [2.05, 4.69) is 5.32 Å². The van der Waals surface area contributed by atoms with Crippen LogP contribution in [0, 0.1) is 0 Å². The second kappa shape index (κ2) is 9.50. The van der Waals surface area contributed by atoms with Crippen molar-refractivity contribution in [3.05, 3.63) is 65.7 Å². The number of benzene rings is 2. The predicted molar refractivity (Wildman–Crippen MR) is 95.0 cm³/mol. The molecule has 0 heterocycles. The number of aryl methyl sites for hydroxylation is 1. The van der Waals surface area contributed by atoms with Gasteiger partial charge in [0.2, 0.25) is 5.91 Å². The van der Waals surface area contributed by atoms with E-state index in [-0.39, 0.29) is 11.9 Å². The molecule has 2 rings (SSSR count). The standard InChI is InChI=1S/C20H23NO3/c1-2-3-15-24-20(23)17-10-12-18(13-11-17)21-19(22)14-9-16-7-5-4-6-8-16/h4-8,10-13H,2-3,9,14-15H2,1H3,(H,21,22). The molecule has 0 unspecified atom stereocenters. The average Bonchev–Trinajstić information content (AvgIpc) is 2.61. The number of rotatable bonds is 8. The molecule has 2 aromatic rings. The van der Waals surface area contributed by atoms with E-state index in [9.17, 15) is 9.59 Å². The van der Waals surface area contributed by atoms with Gasteiger partial charge in [0.25, 0.3) is 0 Å². The first-order valence-corrected chi connectivity index (χ1v) is 8.30. The molecule has 126 valence electrons. The fraction of sp³-hybridized carbons (Fsp3) is 0.300. The molecule has 0 aromatic heterocycles. The van der Waals surface area contributed by atoms with E-state index in [0.29, 0.717) is 30.7 Å². The Morgan fingerprint density at radius 3 is 2.38 bits per heavy atom. The number of nitrogens with one attached hydrogen (secondary N) is 1. The number of esters is 1. The lowest BCUT2D eigenvalue weighted by molar-refractivity contribution is -0.116. The summed E-state index contributed by atoms with van der Waals surface area (Å²) in [6, 6.07) is 16.7. The maximum Gasteiger partial charge on any atom is 0.338 e. The number of amides is 1. The van der Waals surface area contributed by atoms with Gasteiger partial charge in [0.05, 0.1) is 12.2 Å². The second-order valence-corrected chi connectivity index (χ2v) is 5.60. The van der Waals surface area contributed by atoms with E-state index in [0.717, 1.165) is 18.4 Å².